The van der Waals surface area contributed by atoms with Gasteiger partial charge in [0, 0.05) is 54.5 Å². The molecule has 0 spiro atoms. The van der Waals surface area contributed by atoms with E-state index in [4.69, 9.17) is 4.74 Å². The van der Waals surface area contributed by atoms with E-state index >= 15 is 0 Å². The van der Waals surface area contributed by atoms with E-state index in [0.29, 0.717) is 30.0 Å². The van der Waals surface area contributed by atoms with E-state index in [1.165, 1.54) is 50.6 Å². The zero-order valence-electron chi connectivity index (χ0n) is 19.8. The third kappa shape index (κ3) is 3.68. The molecule has 0 radical (unpaired) electrons. The molecule has 2 atom stereocenters. The van der Waals surface area contributed by atoms with Gasteiger partial charge in [-0.05, 0) is 98.9 Å². The van der Waals surface area contributed by atoms with E-state index in [1.807, 2.05) is 30.3 Å². The molecule has 1 N–H and O–H groups in total. The standard InChI is InChI=1S/C29H35N3O2/c33-29(31-28-21-12-18-11-19(14-21)15-22(28)13-18)20-4-6-23(7-5-20)32-24-8-9-25(32)17-26(16-24)34-27-3-1-2-10-30-27/h1-7,10,18-19,21-22,24-26,28H,8-9,11-17H2,(H,31,33). The van der Waals surface area contributed by atoms with Crippen LogP contribution < -0.4 is 15.0 Å². The lowest BCUT2D eigenvalue weighted by molar-refractivity contribution is -0.0119. The first-order valence-electron chi connectivity index (χ1n) is 13.5. The number of nitrogens with one attached hydrogen (secondary N) is 1. The Balaban J connectivity index is 1.00. The van der Waals surface area contributed by atoms with Gasteiger partial charge in [0.1, 0.15) is 6.10 Å². The van der Waals surface area contributed by atoms with Crippen LogP contribution in [0.4, 0.5) is 5.69 Å². The van der Waals surface area contributed by atoms with E-state index in [1.54, 1.807) is 6.20 Å². The average Bonchev–Trinajstić information content (AvgIpc) is 3.11. The van der Waals surface area contributed by atoms with Crippen LogP contribution in [0.1, 0.15) is 68.1 Å². The van der Waals surface area contributed by atoms with Crippen LogP contribution >= 0.6 is 0 Å². The highest BCUT2D eigenvalue weighted by molar-refractivity contribution is 5.94. The normalized spacial score (nSPS) is 37.6. The number of nitrogens with zero attached hydrogens (tertiary/aromatic N) is 2. The second-order valence-electron chi connectivity index (χ2n) is 11.6. The summed E-state index contributed by atoms with van der Waals surface area (Å²) in [5.41, 5.74) is 2.05. The number of rotatable bonds is 5. The number of carbonyl (C=O) groups excluding carboxylic acids is 1. The van der Waals surface area contributed by atoms with Crippen molar-refractivity contribution in [1.82, 2.24) is 10.3 Å². The number of aromatic nitrogens is 1. The Morgan fingerprint density at radius 1 is 0.853 bits per heavy atom. The number of hydrogen-bond donors (Lipinski definition) is 1. The third-order valence-electron chi connectivity index (χ3n) is 9.57. The van der Waals surface area contributed by atoms with Crippen LogP contribution in [0, 0.1) is 23.7 Å². The van der Waals surface area contributed by atoms with E-state index in [2.05, 4.69) is 27.3 Å². The molecule has 1 aromatic carbocycles. The molecule has 178 valence electrons. The monoisotopic (exact) mass is 457 g/mol. The number of piperidine rings is 1. The molecule has 8 rings (SSSR count). The van der Waals surface area contributed by atoms with Gasteiger partial charge in [-0.3, -0.25) is 4.79 Å². The Morgan fingerprint density at radius 2 is 1.53 bits per heavy atom. The molecule has 5 heteroatoms. The summed E-state index contributed by atoms with van der Waals surface area (Å²) in [5, 5.41) is 3.46. The van der Waals surface area contributed by atoms with Crippen LogP contribution in [0.5, 0.6) is 5.88 Å². The van der Waals surface area contributed by atoms with Gasteiger partial charge in [0.25, 0.3) is 5.91 Å². The van der Waals surface area contributed by atoms with Crippen molar-refractivity contribution in [3.05, 3.63) is 54.2 Å². The molecule has 5 nitrogen and oxygen atoms in total. The highest BCUT2D eigenvalue weighted by Gasteiger charge is 2.48. The number of carbonyl (C=O) groups is 1. The Labute approximate surface area is 202 Å². The van der Waals surface area contributed by atoms with Gasteiger partial charge >= 0.3 is 0 Å². The average molecular weight is 458 g/mol. The number of benzene rings is 1. The Morgan fingerprint density at radius 3 is 2.15 bits per heavy atom. The summed E-state index contributed by atoms with van der Waals surface area (Å²) in [6.45, 7) is 0. The topological polar surface area (TPSA) is 54.5 Å². The Bertz CT molecular complexity index is 997. The molecule has 2 aromatic rings. The van der Waals surface area contributed by atoms with E-state index < -0.39 is 0 Å². The van der Waals surface area contributed by atoms with Crippen LogP contribution in [-0.4, -0.2) is 35.1 Å². The maximum absolute atomic E-state index is 13.1. The molecule has 6 aliphatic rings. The summed E-state index contributed by atoms with van der Waals surface area (Å²) in [6, 6.07) is 15.6. The van der Waals surface area contributed by atoms with Crippen LogP contribution in [0.15, 0.2) is 48.7 Å². The number of amides is 1. The summed E-state index contributed by atoms with van der Waals surface area (Å²) in [5.74, 6) is 4.14. The van der Waals surface area contributed by atoms with Crippen molar-refractivity contribution in [3.63, 3.8) is 0 Å². The Hall–Kier alpha value is -2.56. The van der Waals surface area contributed by atoms with E-state index in [0.717, 1.165) is 36.1 Å². The smallest absolute Gasteiger partial charge is 0.251 e. The number of hydrogen-bond acceptors (Lipinski definition) is 4. The van der Waals surface area contributed by atoms with Crippen molar-refractivity contribution in [1.29, 1.82) is 0 Å². The third-order valence-corrected chi connectivity index (χ3v) is 9.57. The lowest BCUT2D eigenvalue weighted by Gasteiger charge is -2.54. The summed E-state index contributed by atoms with van der Waals surface area (Å²) >= 11 is 0. The van der Waals surface area contributed by atoms with Gasteiger partial charge in [-0.1, -0.05) is 6.07 Å². The predicted octanol–water partition coefficient (Wildman–Crippen LogP) is 5.21. The molecule has 4 saturated carbocycles. The molecule has 6 bridgehead atoms. The number of pyridine rings is 1. The molecular weight excluding hydrogens is 422 g/mol. The molecule has 1 amide bonds. The lowest BCUT2D eigenvalue weighted by atomic mass is 9.54. The first-order chi connectivity index (χ1) is 16.7. The van der Waals surface area contributed by atoms with Crippen molar-refractivity contribution in [3.8, 4) is 5.88 Å². The van der Waals surface area contributed by atoms with Crippen LogP contribution in [0.25, 0.3) is 0 Å². The van der Waals surface area contributed by atoms with E-state index in [-0.39, 0.29) is 12.0 Å². The second kappa shape index (κ2) is 8.28. The van der Waals surface area contributed by atoms with Crippen molar-refractivity contribution >= 4 is 11.6 Å². The summed E-state index contributed by atoms with van der Waals surface area (Å²) < 4.78 is 6.19. The number of ether oxygens (including phenoxy) is 1. The number of anilines is 1. The highest BCUT2D eigenvalue weighted by Crippen LogP contribution is 2.53. The lowest BCUT2D eigenvalue weighted by Crippen LogP contribution is -2.55. The SMILES string of the molecule is O=C(NC1C2CC3CC(C2)CC1C3)c1ccc(N2C3CCC2CC(Oc2ccccn2)C3)cc1. The molecule has 6 fully saturated rings. The zero-order valence-corrected chi connectivity index (χ0v) is 19.8. The van der Waals surface area contributed by atoms with Crippen molar-refractivity contribution in [2.24, 2.45) is 23.7 Å². The second-order valence-corrected chi connectivity index (χ2v) is 11.6. The largest absolute Gasteiger partial charge is 0.474 e. The minimum atomic E-state index is 0.120. The number of fused-ring (bicyclic) bond motifs is 2. The molecule has 34 heavy (non-hydrogen) atoms. The molecule has 3 heterocycles. The van der Waals surface area contributed by atoms with Gasteiger partial charge in [0.05, 0.1) is 0 Å². The fraction of sp³-hybridized carbons (Fsp3) is 0.586. The van der Waals surface area contributed by atoms with Crippen LogP contribution in [0.3, 0.4) is 0 Å². The van der Waals surface area contributed by atoms with Gasteiger partial charge in [-0.2, -0.15) is 0 Å². The first-order valence-corrected chi connectivity index (χ1v) is 13.5. The van der Waals surface area contributed by atoms with Crippen molar-refractivity contribution in [2.45, 2.75) is 82.0 Å². The van der Waals surface area contributed by atoms with Crippen molar-refractivity contribution < 1.29 is 9.53 Å². The maximum atomic E-state index is 13.1. The molecule has 2 aliphatic heterocycles. The van der Waals surface area contributed by atoms with Crippen molar-refractivity contribution in [2.75, 3.05) is 4.90 Å². The van der Waals surface area contributed by atoms with E-state index in [9.17, 15) is 4.79 Å². The Kier molecular flexibility index (Phi) is 5.06. The first kappa shape index (κ1) is 20.8. The van der Waals surface area contributed by atoms with Gasteiger partial charge in [-0.15, -0.1) is 0 Å². The molecule has 2 saturated heterocycles. The summed E-state index contributed by atoms with van der Waals surface area (Å²) in [6.07, 6.45) is 13.3. The highest BCUT2D eigenvalue weighted by atomic mass is 16.5. The molecule has 1 aromatic heterocycles. The summed E-state index contributed by atoms with van der Waals surface area (Å²) in [7, 11) is 0. The summed E-state index contributed by atoms with van der Waals surface area (Å²) in [4.78, 5) is 20.1. The van der Waals surface area contributed by atoms with Gasteiger partial charge in [0.15, 0.2) is 0 Å². The molecule has 4 aliphatic carbocycles. The quantitative estimate of drug-likeness (QED) is 0.669. The van der Waals surface area contributed by atoms with Gasteiger partial charge < -0.3 is 15.0 Å². The minimum Gasteiger partial charge on any atom is -0.474 e. The fourth-order valence-corrected chi connectivity index (χ4v) is 8.41. The fourth-order valence-electron chi connectivity index (χ4n) is 8.41. The van der Waals surface area contributed by atoms with Crippen LogP contribution in [0.2, 0.25) is 0 Å². The zero-order chi connectivity index (χ0) is 22.6. The van der Waals surface area contributed by atoms with Gasteiger partial charge in [0.2, 0.25) is 5.88 Å². The van der Waals surface area contributed by atoms with Gasteiger partial charge in [-0.25, -0.2) is 4.98 Å². The minimum absolute atomic E-state index is 0.120. The molecule has 2 unspecified atom stereocenters. The maximum Gasteiger partial charge on any atom is 0.251 e. The van der Waals surface area contributed by atoms with Crippen LogP contribution in [-0.2, 0) is 0 Å². The predicted molar refractivity (Wildman–Crippen MR) is 132 cm³/mol. The molecular formula is C29H35N3O2.